The van der Waals surface area contributed by atoms with Gasteiger partial charge in [0.2, 0.25) is 5.91 Å². The van der Waals surface area contributed by atoms with Crippen molar-refractivity contribution >= 4 is 29.3 Å². The highest BCUT2D eigenvalue weighted by Crippen LogP contribution is 2.28. The number of benzene rings is 3. The number of ether oxygens (including phenoxy) is 3. The van der Waals surface area contributed by atoms with Crippen molar-refractivity contribution in [3.63, 3.8) is 0 Å². The van der Waals surface area contributed by atoms with Crippen LogP contribution in [0.25, 0.3) is 0 Å². The fourth-order valence-electron chi connectivity index (χ4n) is 3.80. The van der Waals surface area contributed by atoms with Gasteiger partial charge in [0.15, 0.2) is 6.10 Å². The molecule has 10 nitrogen and oxygen atoms in total. The first kappa shape index (κ1) is 29.9. The van der Waals surface area contributed by atoms with E-state index in [0.717, 1.165) is 0 Å². The smallest absolute Gasteiger partial charge is 0.414 e. The molecule has 0 radical (unpaired) electrons. The van der Waals surface area contributed by atoms with E-state index in [2.05, 4.69) is 10.6 Å². The van der Waals surface area contributed by atoms with Crippen LogP contribution in [0.5, 0.6) is 5.75 Å². The number of alkyl carbamates (subject to hydrolysis) is 1. The third-order valence-corrected chi connectivity index (χ3v) is 5.80. The molecule has 0 heterocycles. The van der Waals surface area contributed by atoms with Crippen molar-refractivity contribution in [1.29, 1.82) is 0 Å². The summed E-state index contributed by atoms with van der Waals surface area (Å²) in [6.45, 7) is 0.0138. The predicted molar refractivity (Wildman–Crippen MR) is 151 cm³/mol. The van der Waals surface area contributed by atoms with Crippen LogP contribution in [-0.2, 0) is 14.3 Å². The predicted octanol–water partition coefficient (Wildman–Crippen LogP) is 4.24. The highest BCUT2D eigenvalue weighted by atomic mass is 16.6. The average molecular weight is 548 g/mol. The first-order valence-corrected chi connectivity index (χ1v) is 12.7. The van der Waals surface area contributed by atoms with E-state index >= 15 is 0 Å². The number of allylic oxidation sites excluding steroid dienone is 1. The summed E-state index contributed by atoms with van der Waals surface area (Å²) in [4.78, 5) is 37.5. The van der Waals surface area contributed by atoms with Gasteiger partial charge in [-0.25, -0.2) is 4.79 Å². The largest absolute Gasteiger partial charge is 0.491 e. The van der Waals surface area contributed by atoms with Gasteiger partial charge in [0.25, 0.3) is 5.91 Å². The SMILES string of the molecule is CO[C@@H](CC/C=C/C(=O)Nc1ccccc1N)[C@@H](OC(=O)NC(=O)c1ccccc1)c1ccc(OCCO)cc1. The zero-order valence-corrected chi connectivity index (χ0v) is 22.1. The lowest BCUT2D eigenvalue weighted by Crippen LogP contribution is -2.35. The summed E-state index contributed by atoms with van der Waals surface area (Å²) < 4.78 is 16.8. The summed E-state index contributed by atoms with van der Waals surface area (Å²) in [5.41, 5.74) is 7.75. The Morgan fingerprint density at radius 3 is 2.35 bits per heavy atom. The van der Waals surface area contributed by atoms with Gasteiger partial charge in [-0.15, -0.1) is 0 Å². The zero-order chi connectivity index (χ0) is 28.7. The van der Waals surface area contributed by atoms with Gasteiger partial charge in [0.05, 0.1) is 24.1 Å². The number of nitrogen functional groups attached to an aromatic ring is 1. The van der Waals surface area contributed by atoms with Crippen LogP contribution >= 0.6 is 0 Å². The van der Waals surface area contributed by atoms with Gasteiger partial charge in [-0.05, 0) is 60.9 Å². The fraction of sp³-hybridized carbons (Fsp3) is 0.233. The Labute approximate surface area is 232 Å². The van der Waals surface area contributed by atoms with Gasteiger partial charge in [-0.2, -0.15) is 0 Å². The van der Waals surface area contributed by atoms with E-state index in [-0.39, 0.29) is 19.1 Å². The molecule has 0 aliphatic rings. The maximum atomic E-state index is 12.7. The van der Waals surface area contributed by atoms with Crippen molar-refractivity contribution in [2.75, 3.05) is 31.4 Å². The standard InChI is InChI=1S/C30H33N3O7/c1-38-26(13-7-8-14-27(35)32-25-12-6-5-11-24(25)31)28(21-15-17-23(18-16-21)39-20-19-34)40-30(37)33-29(36)22-9-3-2-4-10-22/h2-6,8-12,14-18,26,28,34H,7,13,19-20,31H2,1H3,(H,32,35)(H,33,36,37)/b14-8+/t26-,28-/m0/s1. The lowest BCUT2D eigenvalue weighted by atomic mass is 10.00. The number of anilines is 2. The molecule has 2 atom stereocenters. The number of amides is 3. The van der Waals surface area contributed by atoms with Crippen molar-refractivity contribution < 1.29 is 33.7 Å². The number of nitrogens with one attached hydrogen (secondary N) is 2. The van der Waals surface area contributed by atoms with Gasteiger partial charge < -0.3 is 30.4 Å². The van der Waals surface area contributed by atoms with Crippen molar-refractivity contribution in [3.8, 4) is 5.75 Å². The van der Waals surface area contributed by atoms with Gasteiger partial charge in [0.1, 0.15) is 12.4 Å². The van der Waals surface area contributed by atoms with E-state index in [0.29, 0.717) is 41.1 Å². The van der Waals surface area contributed by atoms with Crippen LogP contribution in [0.1, 0.15) is 34.9 Å². The van der Waals surface area contributed by atoms with Gasteiger partial charge in [-0.3, -0.25) is 14.9 Å². The van der Waals surface area contributed by atoms with Crippen molar-refractivity contribution in [1.82, 2.24) is 5.32 Å². The van der Waals surface area contributed by atoms with E-state index in [1.54, 1.807) is 84.9 Å². The quantitative estimate of drug-likeness (QED) is 0.183. The number of hydrogen-bond donors (Lipinski definition) is 4. The number of imide groups is 1. The molecule has 0 spiro atoms. The second kappa shape index (κ2) is 15.7. The molecule has 0 aliphatic carbocycles. The molecule has 0 aromatic heterocycles. The first-order chi connectivity index (χ1) is 19.4. The third-order valence-electron chi connectivity index (χ3n) is 5.80. The molecule has 40 heavy (non-hydrogen) atoms. The number of hydrogen-bond acceptors (Lipinski definition) is 8. The average Bonchev–Trinajstić information content (AvgIpc) is 2.97. The maximum Gasteiger partial charge on any atom is 0.414 e. The van der Waals surface area contributed by atoms with Crippen LogP contribution in [-0.4, -0.2) is 49.4 Å². The molecular formula is C30H33N3O7. The van der Waals surface area contributed by atoms with E-state index in [1.807, 2.05) is 0 Å². The van der Waals surface area contributed by atoms with E-state index < -0.39 is 24.2 Å². The van der Waals surface area contributed by atoms with Crippen LogP contribution < -0.4 is 21.1 Å². The molecule has 0 unspecified atom stereocenters. The molecule has 0 fully saturated rings. The Bertz CT molecular complexity index is 1280. The Balaban J connectivity index is 1.68. The molecule has 0 saturated carbocycles. The summed E-state index contributed by atoms with van der Waals surface area (Å²) in [6.07, 6.45) is 1.47. The Morgan fingerprint density at radius 2 is 1.68 bits per heavy atom. The van der Waals surface area contributed by atoms with Gasteiger partial charge in [-0.1, -0.05) is 48.5 Å². The van der Waals surface area contributed by atoms with Crippen LogP contribution in [0.15, 0.2) is 91.0 Å². The fourth-order valence-corrected chi connectivity index (χ4v) is 3.80. The molecule has 3 rings (SSSR count). The topological polar surface area (TPSA) is 149 Å². The van der Waals surface area contributed by atoms with Crippen molar-refractivity contribution in [3.05, 3.63) is 102 Å². The second-order valence-electron chi connectivity index (χ2n) is 8.62. The molecule has 0 aliphatic heterocycles. The molecule has 10 heteroatoms. The van der Waals surface area contributed by atoms with E-state index in [4.69, 9.17) is 25.1 Å². The maximum absolute atomic E-state index is 12.7. The lowest BCUT2D eigenvalue weighted by Gasteiger charge is -2.26. The molecule has 0 saturated heterocycles. The van der Waals surface area contributed by atoms with Crippen molar-refractivity contribution in [2.45, 2.75) is 25.0 Å². The highest BCUT2D eigenvalue weighted by Gasteiger charge is 2.28. The molecule has 210 valence electrons. The van der Waals surface area contributed by atoms with Crippen LogP contribution in [0.3, 0.4) is 0 Å². The summed E-state index contributed by atoms with van der Waals surface area (Å²) in [5, 5.41) is 13.9. The Morgan fingerprint density at radius 1 is 0.975 bits per heavy atom. The van der Waals surface area contributed by atoms with Crippen LogP contribution in [0.2, 0.25) is 0 Å². The van der Waals surface area contributed by atoms with Crippen LogP contribution in [0, 0.1) is 0 Å². The third kappa shape index (κ3) is 9.26. The molecule has 3 aromatic rings. The van der Waals surface area contributed by atoms with Crippen LogP contribution in [0.4, 0.5) is 16.2 Å². The normalized spacial score (nSPS) is 12.3. The molecule has 3 aromatic carbocycles. The van der Waals surface area contributed by atoms with E-state index in [9.17, 15) is 14.4 Å². The number of aliphatic hydroxyl groups is 1. The molecule has 5 N–H and O–H groups in total. The lowest BCUT2D eigenvalue weighted by molar-refractivity contribution is -0.111. The molecular weight excluding hydrogens is 514 g/mol. The molecule has 0 bridgehead atoms. The molecule has 3 amide bonds. The number of carbonyl (C=O) groups is 3. The number of carbonyl (C=O) groups excluding carboxylic acids is 3. The highest BCUT2D eigenvalue weighted by molar-refractivity contribution is 6.03. The summed E-state index contributed by atoms with van der Waals surface area (Å²) in [6, 6.07) is 22.0. The number of methoxy groups -OCH3 is 1. The summed E-state index contributed by atoms with van der Waals surface area (Å²) >= 11 is 0. The Hall–Kier alpha value is -4.67. The van der Waals surface area contributed by atoms with Gasteiger partial charge in [0, 0.05) is 12.7 Å². The van der Waals surface area contributed by atoms with Crippen molar-refractivity contribution in [2.24, 2.45) is 0 Å². The second-order valence-corrected chi connectivity index (χ2v) is 8.62. The minimum Gasteiger partial charge on any atom is -0.491 e. The monoisotopic (exact) mass is 547 g/mol. The zero-order valence-electron chi connectivity index (χ0n) is 22.1. The Kier molecular flexibility index (Phi) is 11.7. The number of rotatable bonds is 13. The number of nitrogens with two attached hydrogens (primary N) is 1. The number of para-hydroxylation sites is 2. The summed E-state index contributed by atoms with van der Waals surface area (Å²) in [7, 11) is 1.49. The first-order valence-electron chi connectivity index (χ1n) is 12.7. The minimum atomic E-state index is -0.933. The summed E-state index contributed by atoms with van der Waals surface area (Å²) in [5.74, 6) is -0.404. The number of aliphatic hydroxyl groups excluding tert-OH is 1. The van der Waals surface area contributed by atoms with E-state index in [1.165, 1.54) is 13.2 Å². The van der Waals surface area contributed by atoms with Gasteiger partial charge >= 0.3 is 6.09 Å². The minimum absolute atomic E-state index is 0.126.